The third-order valence-corrected chi connectivity index (χ3v) is 3.33. The molecule has 1 heterocycles. The fraction of sp³-hybridized carbons (Fsp3) is 0.105. The lowest BCUT2D eigenvalue weighted by Crippen LogP contribution is -1.88. The average Bonchev–Trinajstić information content (AvgIpc) is 2.56. The van der Waals surface area contributed by atoms with Gasteiger partial charge in [-0.25, -0.2) is 4.98 Å². The molecule has 0 atom stereocenters. The molecule has 2 nitrogen and oxygen atoms in total. The smallest absolute Gasteiger partial charge is 0.0845 e. The number of rotatable bonds is 4. The molecule has 0 saturated heterocycles. The molecular formula is C19H17NO. The molecule has 2 aromatic carbocycles. The molecule has 0 spiro atoms. The maximum atomic E-state index is 5.29. The third-order valence-electron chi connectivity index (χ3n) is 3.33. The van der Waals surface area contributed by atoms with Gasteiger partial charge in [0.05, 0.1) is 24.1 Å². The number of benzene rings is 2. The van der Waals surface area contributed by atoms with E-state index in [0.717, 1.165) is 27.7 Å². The zero-order chi connectivity index (χ0) is 14.5. The fourth-order valence-electron chi connectivity index (χ4n) is 2.29. The van der Waals surface area contributed by atoms with Crippen molar-refractivity contribution in [1.29, 1.82) is 0 Å². The van der Waals surface area contributed by atoms with E-state index in [1.807, 2.05) is 37.3 Å². The standard InChI is InChI=1S/C19H17NO/c1-2-21-14-13-17-10-6-9-16-11-12-18(20-19(16)17)15-7-4-3-5-8-15/h3-14H,2H2,1H3. The number of aromatic nitrogens is 1. The molecule has 0 saturated carbocycles. The number of para-hydroxylation sites is 1. The number of ether oxygens (including phenoxy) is 1. The van der Waals surface area contributed by atoms with Crippen molar-refractivity contribution < 1.29 is 4.74 Å². The summed E-state index contributed by atoms with van der Waals surface area (Å²) < 4.78 is 5.29. The summed E-state index contributed by atoms with van der Waals surface area (Å²) in [4.78, 5) is 4.82. The Balaban J connectivity index is 2.09. The van der Waals surface area contributed by atoms with Gasteiger partial charge in [0.15, 0.2) is 0 Å². The maximum absolute atomic E-state index is 5.29. The van der Waals surface area contributed by atoms with Crippen LogP contribution in [0.15, 0.2) is 66.9 Å². The summed E-state index contributed by atoms with van der Waals surface area (Å²) in [5.74, 6) is 0. The molecule has 0 aliphatic rings. The van der Waals surface area contributed by atoms with Crippen molar-refractivity contribution in [3.05, 3.63) is 72.5 Å². The van der Waals surface area contributed by atoms with Gasteiger partial charge < -0.3 is 4.74 Å². The van der Waals surface area contributed by atoms with Crippen LogP contribution in [-0.4, -0.2) is 11.6 Å². The Kier molecular flexibility index (Phi) is 3.97. The van der Waals surface area contributed by atoms with E-state index in [-0.39, 0.29) is 0 Å². The first-order chi connectivity index (χ1) is 10.4. The summed E-state index contributed by atoms with van der Waals surface area (Å²) in [5.41, 5.74) is 4.18. The van der Waals surface area contributed by atoms with Crippen LogP contribution in [-0.2, 0) is 4.74 Å². The number of fused-ring (bicyclic) bond motifs is 1. The van der Waals surface area contributed by atoms with E-state index in [1.165, 1.54) is 0 Å². The van der Waals surface area contributed by atoms with Gasteiger partial charge in [0.1, 0.15) is 0 Å². The predicted molar refractivity (Wildman–Crippen MR) is 87.8 cm³/mol. The number of hydrogen-bond donors (Lipinski definition) is 0. The zero-order valence-electron chi connectivity index (χ0n) is 12.0. The van der Waals surface area contributed by atoms with Gasteiger partial charge in [-0.3, -0.25) is 0 Å². The first-order valence-electron chi connectivity index (χ1n) is 7.12. The summed E-state index contributed by atoms with van der Waals surface area (Å²) >= 11 is 0. The molecule has 104 valence electrons. The molecular weight excluding hydrogens is 258 g/mol. The number of nitrogens with zero attached hydrogens (tertiary/aromatic N) is 1. The predicted octanol–water partition coefficient (Wildman–Crippen LogP) is 4.91. The SMILES string of the molecule is CCOC=Cc1cccc2ccc(-c3ccccc3)nc12. The van der Waals surface area contributed by atoms with Crippen LogP contribution in [0.4, 0.5) is 0 Å². The van der Waals surface area contributed by atoms with E-state index in [2.05, 4.69) is 36.4 Å². The Morgan fingerprint density at radius 1 is 0.952 bits per heavy atom. The number of hydrogen-bond acceptors (Lipinski definition) is 2. The summed E-state index contributed by atoms with van der Waals surface area (Å²) in [6.45, 7) is 2.64. The van der Waals surface area contributed by atoms with E-state index < -0.39 is 0 Å². The summed E-state index contributed by atoms with van der Waals surface area (Å²) in [6.07, 6.45) is 3.69. The quantitative estimate of drug-likeness (QED) is 0.631. The van der Waals surface area contributed by atoms with Crippen molar-refractivity contribution in [2.45, 2.75) is 6.92 Å². The molecule has 0 amide bonds. The molecule has 3 rings (SSSR count). The summed E-state index contributed by atoms with van der Waals surface area (Å²) in [6, 6.07) is 20.6. The Morgan fingerprint density at radius 3 is 2.62 bits per heavy atom. The highest BCUT2D eigenvalue weighted by atomic mass is 16.5. The molecule has 0 bridgehead atoms. The second-order valence-electron chi connectivity index (χ2n) is 4.74. The highest BCUT2D eigenvalue weighted by molar-refractivity contribution is 5.88. The minimum atomic E-state index is 0.671. The molecule has 0 fully saturated rings. The lowest BCUT2D eigenvalue weighted by Gasteiger charge is -2.06. The van der Waals surface area contributed by atoms with Crippen molar-refractivity contribution >= 4 is 17.0 Å². The van der Waals surface area contributed by atoms with Crippen LogP contribution in [0, 0.1) is 0 Å². The van der Waals surface area contributed by atoms with Crippen molar-refractivity contribution in [1.82, 2.24) is 4.98 Å². The summed E-state index contributed by atoms with van der Waals surface area (Å²) in [7, 11) is 0. The first kappa shape index (κ1) is 13.4. The molecule has 0 radical (unpaired) electrons. The minimum absolute atomic E-state index is 0.671. The maximum Gasteiger partial charge on any atom is 0.0845 e. The van der Waals surface area contributed by atoms with Crippen molar-refractivity contribution in [2.24, 2.45) is 0 Å². The Morgan fingerprint density at radius 2 is 1.81 bits per heavy atom. The van der Waals surface area contributed by atoms with Gasteiger partial charge in [-0.2, -0.15) is 0 Å². The zero-order valence-corrected chi connectivity index (χ0v) is 12.0. The number of pyridine rings is 1. The second-order valence-corrected chi connectivity index (χ2v) is 4.74. The summed E-state index contributed by atoms with van der Waals surface area (Å²) in [5, 5.41) is 1.13. The highest BCUT2D eigenvalue weighted by Crippen LogP contribution is 2.23. The molecule has 0 aliphatic carbocycles. The van der Waals surface area contributed by atoms with Gasteiger partial charge in [-0.1, -0.05) is 54.6 Å². The van der Waals surface area contributed by atoms with Crippen LogP contribution in [0.25, 0.3) is 28.2 Å². The van der Waals surface area contributed by atoms with E-state index in [4.69, 9.17) is 9.72 Å². The van der Waals surface area contributed by atoms with Crippen LogP contribution >= 0.6 is 0 Å². The van der Waals surface area contributed by atoms with Crippen LogP contribution in [0.3, 0.4) is 0 Å². The van der Waals surface area contributed by atoms with Gasteiger partial charge in [0.2, 0.25) is 0 Å². The minimum Gasteiger partial charge on any atom is -0.501 e. The topological polar surface area (TPSA) is 22.1 Å². The lowest BCUT2D eigenvalue weighted by atomic mass is 10.1. The van der Waals surface area contributed by atoms with E-state index in [1.54, 1.807) is 6.26 Å². The van der Waals surface area contributed by atoms with Gasteiger partial charge in [-0.05, 0) is 19.1 Å². The Bertz CT molecular complexity index is 763. The average molecular weight is 275 g/mol. The molecule has 0 unspecified atom stereocenters. The lowest BCUT2D eigenvalue weighted by molar-refractivity contribution is 0.272. The van der Waals surface area contributed by atoms with Crippen molar-refractivity contribution in [2.75, 3.05) is 6.61 Å². The molecule has 2 heteroatoms. The molecule has 21 heavy (non-hydrogen) atoms. The second kappa shape index (κ2) is 6.23. The largest absolute Gasteiger partial charge is 0.501 e. The van der Waals surface area contributed by atoms with Crippen molar-refractivity contribution in [3.63, 3.8) is 0 Å². The third kappa shape index (κ3) is 2.95. The van der Waals surface area contributed by atoms with Crippen LogP contribution < -0.4 is 0 Å². The van der Waals surface area contributed by atoms with Crippen LogP contribution in [0.5, 0.6) is 0 Å². The van der Waals surface area contributed by atoms with Crippen molar-refractivity contribution in [3.8, 4) is 11.3 Å². The van der Waals surface area contributed by atoms with E-state index in [9.17, 15) is 0 Å². The molecule has 1 aromatic heterocycles. The van der Waals surface area contributed by atoms with Crippen LogP contribution in [0.1, 0.15) is 12.5 Å². The normalized spacial score (nSPS) is 11.1. The van der Waals surface area contributed by atoms with Gasteiger partial charge in [-0.15, -0.1) is 0 Å². The monoisotopic (exact) mass is 275 g/mol. The fourth-order valence-corrected chi connectivity index (χ4v) is 2.29. The van der Waals surface area contributed by atoms with Gasteiger partial charge in [0, 0.05) is 16.5 Å². The molecule has 0 N–H and O–H groups in total. The Hall–Kier alpha value is -2.61. The first-order valence-corrected chi connectivity index (χ1v) is 7.12. The molecule has 3 aromatic rings. The highest BCUT2D eigenvalue weighted by Gasteiger charge is 2.03. The van der Waals surface area contributed by atoms with Crippen LogP contribution in [0.2, 0.25) is 0 Å². The van der Waals surface area contributed by atoms with Gasteiger partial charge >= 0.3 is 0 Å². The van der Waals surface area contributed by atoms with E-state index >= 15 is 0 Å². The van der Waals surface area contributed by atoms with E-state index in [0.29, 0.717) is 6.61 Å². The molecule has 0 aliphatic heterocycles. The Labute approximate surface area is 124 Å². The van der Waals surface area contributed by atoms with Gasteiger partial charge in [0.25, 0.3) is 0 Å².